The highest BCUT2D eigenvalue weighted by atomic mass is 16.5. The Labute approximate surface area is 100 Å². The van der Waals surface area contributed by atoms with Crippen LogP contribution < -0.4 is 0 Å². The minimum Gasteiger partial charge on any atom is -0.508 e. The van der Waals surface area contributed by atoms with Crippen LogP contribution in [0.25, 0.3) is 0 Å². The zero-order chi connectivity index (χ0) is 13.3. The molecule has 1 atom stereocenters. The van der Waals surface area contributed by atoms with Gasteiger partial charge in [-0.2, -0.15) is 0 Å². The topological polar surface area (TPSA) is 87.0 Å². The number of aromatic hydroxyl groups is 1. The fraction of sp³-hybridized carbons (Fsp3) is 0.417. The maximum atomic E-state index is 11.1. The van der Waals surface area contributed by atoms with Crippen LogP contribution in [-0.4, -0.2) is 40.6 Å². The summed E-state index contributed by atoms with van der Waals surface area (Å²) in [6.07, 6.45) is -0.560. The summed E-state index contributed by atoms with van der Waals surface area (Å²) in [7, 11) is 0. The van der Waals surface area contributed by atoms with Gasteiger partial charge < -0.3 is 20.1 Å². The molecule has 0 aliphatic rings. The van der Waals surface area contributed by atoms with Gasteiger partial charge in [-0.25, -0.2) is 4.79 Å². The third-order valence-electron chi connectivity index (χ3n) is 1.64. The Morgan fingerprint density at radius 1 is 1.35 bits per heavy atom. The van der Waals surface area contributed by atoms with Crippen LogP contribution in [0.2, 0.25) is 0 Å². The summed E-state index contributed by atoms with van der Waals surface area (Å²) in [6.45, 7) is 3.50. The van der Waals surface area contributed by atoms with Crippen LogP contribution in [0.15, 0.2) is 24.3 Å². The Morgan fingerprint density at radius 2 is 1.82 bits per heavy atom. The number of benzene rings is 1. The second-order valence-corrected chi connectivity index (χ2v) is 3.30. The van der Waals surface area contributed by atoms with Crippen molar-refractivity contribution in [3.05, 3.63) is 29.8 Å². The standard InChI is InChI=1S/C9H10O3.C3H8O2/c1-2-12-9(11)7-3-5-8(10)6-4-7;1-3(5)2-4/h3-6,10H,2H2,1H3;3-5H,2H2,1H3. The molecule has 0 amide bonds. The van der Waals surface area contributed by atoms with Crippen molar-refractivity contribution in [1.82, 2.24) is 0 Å². The molecule has 1 aromatic rings. The van der Waals surface area contributed by atoms with E-state index < -0.39 is 6.10 Å². The van der Waals surface area contributed by atoms with Gasteiger partial charge in [-0.05, 0) is 38.1 Å². The van der Waals surface area contributed by atoms with E-state index in [1.165, 1.54) is 31.2 Å². The molecule has 17 heavy (non-hydrogen) atoms. The monoisotopic (exact) mass is 242 g/mol. The number of rotatable bonds is 3. The summed E-state index contributed by atoms with van der Waals surface area (Å²) in [5.41, 5.74) is 0.453. The Morgan fingerprint density at radius 3 is 2.18 bits per heavy atom. The zero-order valence-corrected chi connectivity index (χ0v) is 9.96. The van der Waals surface area contributed by atoms with Gasteiger partial charge in [-0.3, -0.25) is 0 Å². The highest BCUT2D eigenvalue weighted by Gasteiger charge is 2.04. The van der Waals surface area contributed by atoms with Crippen LogP contribution in [0.1, 0.15) is 24.2 Å². The minimum absolute atomic E-state index is 0.139. The molecule has 0 aromatic heterocycles. The van der Waals surface area contributed by atoms with Gasteiger partial charge in [0.05, 0.1) is 24.9 Å². The number of carbonyl (C=O) groups is 1. The Hall–Kier alpha value is -1.59. The first kappa shape index (κ1) is 15.4. The van der Waals surface area contributed by atoms with Gasteiger partial charge in [0.2, 0.25) is 0 Å². The molecule has 0 saturated heterocycles. The fourth-order valence-electron chi connectivity index (χ4n) is 0.812. The van der Waals surface area contributed by atoms with Gasteiger partial charge in [0.1, 0.15) is 5.75 Å². The van der Waals surface area contributed by atoms with Gasteiger partial charge in [0, 0.05) is 0 Å². The van der Waals surface area contributed by atoms with Gasteiger partial charge in [0.25, 0.3) is 0 Å². The smallest absolute Gasteiger partial charge is 0.338 e. The highest BCUT2D eigenvalue weighted by molar-refractivity contribution is 5.89. The summed E-state index contributed by atoms with van der Waals surface area (Å²) < 4.78 is 4.75. The van der Waals surface area contributed by atoms with E-state index >= 15 is 0 Å². The van der Waals surface area contributed by atoms with Crippen LogP contribution in [0.3, 0.4) is 0 Å². The third-order valence-corrected chi connectivity index (χ3v) is 1.64. The Kier molecular flexibility index (Phi) is 7.75. The van der Waals surface area contributed by atoms with E-state index in [0.29, 0.717) is 12.2 Å². The summed E-state index contributed by atoms with van der Waals surface area (Å²) in [4.78, 5) is 11.1. The van der Waals surface area contributed by atoms with E-state index in [9.17, 15) is 4.79 Å². The normalized spacial score (nSPS) is 11.1. The van der Waals surface area contributed by atoms with Gasteiger partial charge in [-0.15, -0.1) is 0 Å². The molecule has 0 spiro atoms. The molecule has 1 rings (SSSR count). The van der Waals surface area contributed by atoms with E-state index in [0.717, 1.165) is 0 Å². The number of aliphatic hydroxyl groups excluding tert-OH is 2. The van der Waals surface area contributed by atoms with Crippen molar-refractivity contribution in [2.24, 2.45) is 0 Å². The van der Waals surface area contributed by atoms with Crippen LogP contribution in [0, 0.1) is 0 Å². The molecule has 5 heteroatoms. The lowest BCUT2D eigenvalue weighted by atomic mass is 10.2. The fourth-order valence-corrected chi connectivity index (χ4v) is 0.812. The van der Waals surface area contributed by atoms with E-state index in [1.54, 1.807) is 6.92 Å². The predicted octanol–water partition coefficient (Wildman–Crippen LogP) is 0.928. The molecule has 0 bridgehead atoms. The van der Waals surface area contributed by atoms with Crippen LogP contribution in [-0.2, 0) is 4.74 Å². The number of aliphatic hydroxyl groups is 2. The number of ether oxygens (including phenoxy) is 1. The predicted molar refractivity (Wildman–Crippen MR) is 62.8 cm³/mol. The first-order chi connectivity index (χ1) is 8.01. The molecule has 0 aliphatic carbocycles. The molecule has 0 fully saturated rings. The van der Waals surface area contributed by atoms with Crippen molar-refractivity contribution < 1.29 is 24.9 Å². The van der Waals surface area contributed by atoms with Gasteiger partial charge in [-0.1, -0.05) is 0 Å². The zero-order valence-electron chi connectivity index (χ0n) is 9.96. The lowest BCUT2D eigenvalue weighted by molar-refractivity contribution is 0.0526. The van der Waals surface area contributed by atoms with Gasteiger partial charge >= 0.3 is 5.97 Å². The summed E-state index contributed by atoms with van der Waals surface area (Å²) in [5.74, 6) is -0.222. The molecular formula is C12H18O5. The largest absolute Gasteiger partial charge is 0.508 e. The minimum atomic E-state index is -0.560. The third kappa shape index (κ3) is 7.32. The highest BCUT2D eigenvalue weighted by Crippen LogP contribution is 2.10. The molecule has 96 valence electrons. The second-order valence-electron chi connectivity index (χ2n) is 3.30. The van der Waals surface area contributed by atoms with Crippen LogP contribution >= 0.6 is 0 Å². The van der Waals surface area contributed by atoms with Crippen molar-refractivity contribution in [1.29, 1.82) is 0 Å². The maximum Gasteiger partial charge on any atom is 0.338 e. The van der Waals surface area contributed by atoms with Crippen molar-refractivity contribution in [2.45, 2.75) is 20.0 Å². The lowest BCUT2D eigenvalue weighted by Gasteiger charge is -2.00. The van der Waals surface area contributed by atoms with Crippen molar-refractivity contribution in [3.63, 3.8) is 0 Å². The molecule has 1 aromatic carbocycles. The summed E-state index contributed by atoms with van der Waals surface area (Å²) >= 11 is 0. The van der Waals surface area contributed by atoms with Crippen LogP contribution in [0.4, 0.5) is 0 Å². The Balaban J connectivity index is 0.000000437. The van der Waals surface area contributed by atoms with Crippen LogP contribution in [0.5, 0.6) is 5.75 Å². The molecule has 0 saturated carbocycles. The molecule has 3 N–H and O–H groups in total. The number of phenolic OH excluding ortho intramolecular Hbond substituents is 1. The van der Waals surface area contributed by atoms with Crippen molar-refractivity contribution >= 4 is 5.97 Å². The van der Waals surface area contributed by atoms with Gasteiger partial charge in [0.15, 0.2) is 0 Å². The maximum absolute atomic E-state index is 11.1. The number of esters is 1. The van der Waals surface area contributed by atoms with E-state index in [4.69, 9.17) is 20.1 Å². The average Bonchev–Trinajstić information content (AvgIpc) is 2.31. The molecule has 0 aliphatic heterocycles. The molecule has 5 nitrogen and oxygen atoms in total. The number of hydrogen-bond acceptors (Lipinski definition) is 5. The Bertz CT molecular complexity index is 318. The second kappa shape index (κ2) is 8.55. The summed E-state index contributed by atoms with van der Waals surface area (Å²) in [5, 5.41) is 24.9. The number of phenols is 1. The van der Waals surface area contributed by atoms with Crippen molar-refractivity contribution in [3.8, 4) is 5.75 Å². The molecule has 1 unspecified atom stereocenters. The quantitative estimate of drug-likeness (QED) is 0.686. The number of carbonyl (C=O) groups excluding carboxylic acids is 1. The SMILES string of the molecule is CC(O)CO.CCOC(=O)c1ccc(O)cc1. The molecular weight excluding hydrogens is 224 g/mol. The molecule has 0 heterocycles. The van der Waals surface area contributed by atoms with E-state index in [-0.39, 0.29) is 18.3 Å². The molecule has 0 radical (unpaired) electrons. The number of hydrogen-bond donors (Lipinski definition) is 3. The van der Waals surface area contributed by atoms with Crippen molar-refractivity contribution in [2.75, 3.05) is 13.2 Å². The lowest BCUT2D eigenvalue weighted by Crippen LogP contribution is -2.03. The summed E-state index contributed by atoms with van der Waals surface area (Å²) in [6, 6.07) is 5.94. The average molecular weight is 242 g/mol. The van der Waals surface area contributed by atoms with E-state index in [2.05, 4.69) is 0 Å². The first-order valence-electron chi connectivity index (χ1n) is 5.26. The van der Waals surface area contributed by atoms with E-state index in [1.807, 2.05) is 0 Å². The first-order valence-corrected chi connectivity index (χ1v) is 5.26.